The Morgan fingerprint density at radius 3 is 2.42 bits per heavy atom. The minimum Gasteiger partial charge on any atom is -0.392 e. The molecule has 138 valence electrons. The summed E-state index contributed by atoms with van der Waals surface area (Å²) in [5, 5.41) is 12.4. The van der Waals surface area contributed by atoms with Gasteiger partial charge in [0.05, 0.1) is 12.6 Å². The summed E-state index contributed by atoms with van der Waals surface area (Å²) in [7, 11) is 3.31. The molecular formula is C18H23N5O3. The molecule has 0 fully saturated rings. The third kappa shape index (κ3) is 3.15. The van der Waals surface area contributed by atoms with Crippen molar-refractivity contribution in [2.75, 3.05) is 11.9 Å². The van der Waals surface area contributed by atoms with E-state index in [0.717, 1.165) is 11.1 Å². The van der Waals surface area contributed by atoms with Gasteiger partial charge in [0.25, 0.3) is 5.56 Å². The molecule has 1 aromatic carbocycles. The van der Waals surface area contributed by atoms with E-state index < -0.39 is 11.8 Å². The largest absolute Gasteiger partial charge is 0.392 e. The van der Waals surface area contributed by atoms with E-state index in [4.69, 9.17) is 0 Å². The molecule has 8 nitrogen and oxygen atoms in total. The molecule has 0 radical (unpaired) electrons. The van der Waals surface area contributed by atoms with Crippen LogP contribution in [-0.2, 0) is 20.6 Å². The van der Waals surface area contributed by atoms with Crippen LogP contribution in [0.5, 0.6) is 0 Å². The third-order valence-electron chi connectivity index (χ3n) is 4.38. The molecule has 2 heterocycles. The van der Waals surface area contributed by atoms with Crippen LogP contribution in [0.4, 0.5) is 5.95 Å². The number of nitrogens with one attached hydrogen (secondary N) is 1. The fourth-order valence-electron chi connectivity index (χ4n) is 2.86. The van der Waals surface area contributed by atoms with Crippen molar-refractivity contribution in [1.82, 2.24) is 18.7 Å². The SMILES string of the molecule is Cc1ccc(Cn2c(=O)c3c(nc(NC[C@H](C)O)n3C)n(C)c2=O)cc1. The van der Waals surface area contributed by atoms with Crippen molar-refractivity contribution in [2.24, 2.45) is 14.1 Å². The summed E-state index contributed by atoms with van der Waals surface area (Å²) in [6, 6.07) is 7.71. The van der Waals surface area contributed by atoms with Gasteiger partial charge in [0, 0.05) is 20.6 Å². The number of hydrogen-bond donors (Lipinski definition) is 2. The number of benzene rings is 1. The van der Waals surface area contributed by atoms with Crippen molar-refractivity contribution in [3.05, 3.63) is 56.2 Å². The van der Waals surface area contributed by atoms with Crippen LogP contribution >= 0.6 is 0 Å². The molecule has 3 aromatic rings. The smallest absolute Gasteiger partial charge is 0.332 e. The zero-order chi connectivity index (χ0) is 19.0. The van der Waals surface area contributed by atoms with Crippen LogP contribution in [0.25, 0.3) is 11.2 Å². The van der Waals surface area contributed by atoms with E-state index >= 15 is 0 Å². The van der Waals surface area contributed by atoms with Gasteiger partial charge in [0.15, 0.2) is 11.2 Å². The second-order valence-corrected chi connectivity index (χ2v) is 6.62. The van der Waals surface area contributed by atoms with Gasteiger partial charge < -0.3 is 15.0 Å². The van der Waals surface area contributed by atoms with Gasteiger partial charge in [-0.3, -0.25) is 13.9 Å². The van der Waals surface area contributed by atoms with Crippen molar-refractivity contribution < 1.29 is 5.11 Å². The van der Waals surface area contributed by atoms with E-state index in [0.29, 0.717) is 23.7 Å². The van der Waals surface area contributed by atoms with Crippen LogP contribution in [0.15, 0.2) is 33.9 Å². The van der Waals surface area contributed by atoms with E-state index in [1.54, 1.807) is 25.6 Å². The topological polar surface area (TPSA) is 94.1 Å². The lowest BCUT2D eigenvalue weighted by atomic mass is 10.1. The second-order valence-electron chi connectivity index (χ2n) is 6.62. The van der Waals surface area contributed by atoms with Gasteiger partial charge in [-0.25, -0.2) is 4.79 Å². The Balaban J connectivity index is 2.13. The molecule has 3 rings (SSSR count). The summed E-state index contributed by atoms with van der Waals surface area (Å²) >= 11 is 0. The first-order valence-electron chi connectivity index (χ1n) is 8.43. The molecule has 1 atom stereocenters. The summed E-state index contributed by atoms with van der Waals surface area (Å²) in [5.74, 6) is 0.432. The van der Waals surface area contributed by atoms with Crippen LogP contribution in [-0.4, -0.2) is 36.4 Å². The van der Waals surface area contributed by atoms with Crippen molar-refractivity contribution >= 4 is 17.1 Å². The molecular weight excluding hydrogens is 334 g/mol. The van der Waals surface area contributed by atoms with E-state index in [2.05, 4.69) is 10.3 Å². The fourth-order valence-corrected chi connectivity index (χ4v) is 2.86. The first kappa shape index (κ1) is 17.9. The molecule has 0 aliphatic heterocycles. The Kier molecular flexibility index (Phi) is 4.69. The van der Waals surface area contributed by atoms with Crippen LogP contribution < -0.4 is 16.6 Å². The molecule has 8 heteroatoms. The highest BCUT2D eigenvalue weighted by Crippen LogP contribution is 2.13. The second kappa shape index (κ2) is 6.80. The fraction of sp³-hybridized carbons (Fsp3) is 0.389. The Morgan fingerprint density at radius 1 is 1.15 bits per heavy atom. The van der Waals surface area contributed by atoms with Gasteiger partial charge in [-0.05, 0) is 19.4 Å². The lowest BCUT2D eigenvalue weighted by molar-refractivity contribution is 0.208. The number of aliphatic hydroxyl groups is 1. The molecule has 0 saturated heterocycles. The Hall–Kier alpha value is -2.87. The van der Waals surface area contributed by atoms with Crippen LogP contribution in [0.1, 0.15) is 18.1 Å². The number of aromatic nitrogens is 4. The zero-order valence-electron chi connectivity index (χ0n) is 15.4. The maximum absolute atomic E-state index is 13.0. The molecule has 0 aliphatic carbocycles. The molecule has 0 spiro atoms. The predicted octanol–water partition coefficient (Wildman–Crippen LogP) is 0.583. The highest BCUT2D eigenvalue weighted by atomic mass is 16.3. The van der Waals surface area contributed by atoms with Crippen LogP contribution in [0, 0.1) is 6.92 Å². The lowest BCUT2D eigenvalue weighted by Gasteiger charge is -2.09. The van der Waals surface area contributed by atoms with Crippen molar-refractivity contribution in [3.63, 3.8) is 0 Å². The first-order chi connectivity index (χ1) is 12.3. The molecule has 26 heavy (non-hydrogen) atoms. The van der Waals surface area contributed by atoms with Crippen molar-refractivity contribution in [1.29, 1.82) is 0 Å². The molecule has 0 aliphatic rings. The molecule has 2 aromatic heterocycles. The number of hydrogen-bond acceptors (Lipinski definition) is 5. The number of aryl methyl sites for hydroxylation is 3. The van der Waals surface area contributed by atoms with E-state index in [1.807, 2.05) is 31.2 Å². The van der Waals surface area contributed by atoms with Gasteiger partial charge in [-0.2, -0.15) is 4.98 Å². The molecule has 0 amide bonds. The number of rotatable bonds is 5. The number of anilines is 1. The predicted molar refractivity (Wildman–Crippen MR) is 101 cm³/mol. The number of nitrogens with zero attached hydrogens (tertiary/aromatic N) is 4. The normalized spacial score (nSPS) is 12.5. The summed E-state index contributed by atoms with van der Waals surface area (Å²) in [4.78, 5) is 30.0. The monoisotopic (exact) mass is 357 g/mol. The van der Waals surface area contributed by atoms with E-state index in [1.165, 1.54) is 9.13 Å². The Bertz CT molecular complexity index is 1060. The summed E-state index contributed by atoms with van der Waals surface area (Å²) < 4.78 is 4.21. The summed E-state index contributed by atoms with van der Waals surface area (Å²) in [6.07, 6.45) is -0.558. The third-order valence-corrected chi connectivity index (χ3v) is 4.38. The van der Waals surface area contributed by atoms with Crippen molar-refractivity contribution in [3.8, 4) is 0 Å². The number of imidazole rings is 1. The highest BCUT2D eigenvalue weighted by Gasteiger charge is 2.18. The zero-order valence-corrected chi connectivity index (χ0v) is 15.4. The van der Waals surface area contributed by atoms with E-state index in [-0.39, 0.29) is 12.1 Å². The average Bonchev–Trinajstić information content (AvgIpc) is 2.93. The summed E-state index contributed by atoms with van der Waals surface area (Å²) in [5.41, 5.74) is 1.85. The van der Waals surface area contributed by atoms with E-state index in [9.17, 15) is 14.7 Å². The first-order valence-corrected chi connectivity index (χ1v) is 8.43. The number of fused-ring (bicyclic) bond motifs is 1. The van der Waals surface area contributed by atoms with Crippen molar-refractivity contribution in [2.45, 2.75) is 26.5 Å². The van der Waals surface area contributed by atoms with Gasteiger partial charge in [0.1, 0.15) is 0 Å². The minimum atomic E-state index is -0.558. The van der Waals surface area contributed by atoms with Gasteiger partial charge in [0.2, 0.25) is 5.95 Å². The van der Waals surface area contributed by atoms with Gasteiger partial charge >= 0.3 is 5.69 Å². The minimum absolute atomic E-state index is 0.198. The van der Waals surface area contributed by atoms with Crippen LogP contribution in [0.3, 0.4) is 0 Å². The standard InChI is InChI=1S/C18H23N5O3/c1-11-5-7-13(8-6-11)10-23-16(25)14-15(22(4)18(23)26)20-17(21(14)3)19-9-12(2)24/h5-8,12,24H,9-10H2,1-4H3,(H,19,20)/t12-/m0/s1. The molecule has 2 N–H and O–H groups in total. The Morgan fingerprint density at radius 2 is 1.81 bits per heavy atom. The quantitative estimate of drug-likeness (QED) is 0.697. The maximum Gasteiger partial charge on any atom is 0.332 e. The molecule has 0 bridgehead atoms. The maximum atomic E-state index is 13.0. The molecule has 0 saturated carbocycles. The highest BCUT2D eigenvalue weighted by molar-refractivity contribution is 5.74. The number of aliphatic hydroxyl groups excluding tert-OH is 1. The Labute approximate surface area is 150 Å². The summed E-state index contributed by atoms with van der Waals surface area (Å²) in [6.45, 7) is 4.13. The molecule has 0 unspecified atom stereocenters. The average molecular weight is 357 g/mol. The van der Waals surface area contributed by atoms with Gasteiger partial charge in [-0.15, -0.1) is 0 Å². The van der Waals surface area contributed by atoms with Gasteiger partial charge in [-0.1, -0.05) is 29.8 Å². The lowest BCUT2D eigenvalue weighted by Crippen LogP contribution is -2.39. The van der Waals surface area contributed by atoms with Crippen LogP contribution in [0.2, 0.25) is 0 Å².